The first-order valence-corrected chi connectivity index (χ1v) is 9.49. The van der Waals surface area contributed by atoms with Gasteiger partial charge in [-0.3, -0.25) is 11.3 Å². The molecule has 19 heavy (non-hydrogen) atoms. The number of hydrazine groups is 1. The van der Waals surface area contributed by atoms with Gasteiger partial charge in [0.05, 0.1) is 0 Å². The molecule has 0 aromatic rings. The molecule has 3 N–H and O–H groups in total. The molecule has 1 saturated carbocycles. The third-order valence-corrected chi connectivity index (χ3v) is 5.76. The highest BCUT2D eigenvalue weighted by molar-refractivity contribution is 7.99. The van der Waals surface area contributed by atoms with Crippen molar-refractivity contribution in [3.05, 3.63) is 0 Å². The second kappa shape index (κ2) is 12.0. The van der Waals surface area contributed by atoms with Crippen molar-refractivity contribution < 1.29 is 0 Å². The number of hydrogen-bond acceptors (Lipinski definition) is 3. The third kappa shape index (κ3) is 8.93. The third-order valence-electron chi connectivity index (χ3n) is 4.23. The molecule has 0 radical (unpaired) electrons. The summed E-state index contributed by atoms with van der Waals surface area (Å²) in [7, 11) is 0. The molecule has 0 aliphatic heterocycles. The summed E-state index contributed by atoms with van der Waals surface area (Å²) in [6, 6.07) is 0.526. The van der Waals surface area contributed by atoms with E-state index in [1.807, 2.05) is 0 Å². The van der Waals surface area contributed by atoms with Crippen molar-refractivity contribution in [3.8, 4) is 0 Å². The van der Waals surface area contributed by atoms with Gasteiger partial charge < -0.3 is 0 Å². The predicted octanol–water partition coefficient (Wildman–Crippen LogP) is 4.63. The minimum absolute atomic E-state index is 0.526. The van der Waals surface area contributed by atoms with Crippen LogP contribution in [0.15, 0.2) is 0 Å². The summed E-state index contributed by atoms with van der Waals surface area (Å²) < 4.78 is 0. The van der Waals surface area contributed by atoms with Crippen molar-refractivity contribution >= 4 is 11.8 Å². The van der Waals surface area contributed by atoms with Gasteiger partial charge in [-0.2, -0.15) is 11.8 Å². The van der Waals surface area contributed by atoms with Crippen LogP contribution >= 0.6 is 11.8 Å². The lowest BCUT2D eigenvalue weighted by Gasteiger charge is -2.23. The van der Waals surface area contributed by atoms with Crippen LogP contribution < -0.4 is 11.3 Å². The Labute approximate surface area is 124 Å². The van der Waals surface area contributed by atoms with Crippen LogP contribution in [0.2, 0.25) is 0 Å². The van der Waals surface area contributed by atoms with E-state index >= 15 is 0 Å². The fourth-order valence-corrected chi connectivity index (χ4v) is 4.30. The summed E-state index contributed by atoms with van der Waals surface area (Å²) in [6.45, 7) is 2.27. The van der Waals surface area contributed by atoms with Gasteiger partial charge in [-0.05, 0) is 19.3 Å². The van der Waals surface area contributed by atoms with Crippen LogP contribution in [0.3, 0.4) is 0 Å². The summed E-state index contributed by atoms with van der Waals surface area (Å²) in [5, 5.41) is 0.911. The van der Waals surface area contributed by atoms with Gasteiger partial charge in [-0.1, -0.05) is 64.7 Å². The number of nitrogens with two attached hydrogens (primary N) is 1. The Balaban J connectivity index is 1.98. The number of thioether (sulfide) groups is 1. The van der Waals surface area contributed by atoms with Gasteiger partial charge in [0.25, 0.3) is 0 Å². The maximum atomic E-state index is 5.69. The van der Waals surface area contributed by atoms with Crippen molar-refractivity contribution in [2.75, 3.05) is 5.75 Å². The molecule has 2 nitrogen and oxygen atoms in total. The molecule has 114 valence electrons. The van der Waals surface area contributed by atoms with Crippen molar-refractivity contribution in [2.45, 2.75) is 95.3 Å². The zero-order chi connectivity index (χ0) is 13.8. The molecule has 0 heterocycles. The smallest absolute Gasteiger partial charge is 0.0301 e. The van der Waals surface area contributed by atoms with Crippen LogP contribution in [0.25, 0.3) is 0 Å². The molecule has 0 spiro atoms. The van der Waals surface area contributed by atoms with E-state index in [1.54, 1.807) is 0 Å². The summed E-state index contributed by atoms with van der Waals surface area (Å²) >= 11 is 2.16. The molecule has 0 aromatic carbocycles. The first-order chi connectivity index (χ1) is 9.36. The highest BCUT2D eigenvalue weighted by Gasteiger charge is 2.15. The maximum Gasteiger partial charge on any atom is 0.0301 e. The SMILES string of the molecule is CCCCCCCCC(CSC1CCCCC1)NN. The van der Waals surface area contributed by atoms with E-state index in [0.29, 0.717) is 6.04 Å². The molecule has 0 bridgehead atoms. The van der Waals surface area contributed by atoms with Crippen LogP contribution in [0.4, 0.5) is 0 Å². The zero-order valence-corrected chi connectivity index (χ0v) is 13.6. The fourth-order valence-electron chi connectivity index (χ4n) is 2.87. The van der Waals surface area contributed by atoms with Crippen molar-refractivity contribution in [1.29, 1.82) is 0 Å². The van der Waals surface area contributed by atoms with E-state index in [1.165, 1.54) is 82.8 Å². The molecule has 1 aliphatic rings. The van der Waals surface area contributed by atoms with Gasteiger partial charge in [0.15, 0.2) is 0 Å². The predicted molar refractivity (Wildman–Crippen MR) is 88.4 cm³/mol. The second-order valence-electron chi connectivity index (χ2n) is 6.01. The first kappa shape index (κ1) is 17.3. The molecule has 0 saturated heterocycles. The normalized spacial score (nSPS) is 18.6. The number of rotatable bonds is 11. The highest BCUT2D eigenvalue weighted by Crippen LogP contribution is 2.28. The average molecular weight is 287 g/mol. The van der Waals surface area contributed by atoms with Gasteiger partial charge in [0.1, 0.15) is 0 Å². The first-order valence-electron chi connectivity index (χ1n) is 8.44. The van der Waals surface area contributed by atoms with E-state index in [-0.39, 0.29) is 0 Å². The van der Waals surface area contributed by atoms with Crippen molar-refractivity contribution in [3.63, 3.8) is 0 Å². The Morgan fingerprint density at radius 2 is 1.74 bits per heavy atom. The molecule has 1 fully saturated rings. The van der Waals surface area contributed by atoms with E-state index in [4.69, 9.17) is 5.84 Å². The second-order valence-corrected chi connectivity index (χ2v) is 7.35. The van der Waals surface area contributed by atoms with E-state index < -0.39 is 0 Å². The molecule has 0 amide bonds. The van der Waals surface area contributed by atoms with Gasteiger partial charge in [0, 0.05) is 17.0 Å². The largest absolute Gasteiger partial charge is 0.271 e. The standard InChI is InChI=1S/C16H34N2S/c1-2-3-4-5-6-8-11-15(18-17)14-19-16-12-9-7-10-13-16/h15-16,18H,2-14,17H2,1H3. The molecule has 1 atom stereocenters. The summed E-state index contributed by atoms with van der Waals surface area (Å²) in [6.07, 6.45) is 16.7. The van der Waals surface area contributed by atoms with Crippen LogP contribution in [0.1, 0.15) is 84.0 Å². The molecule has 3 heteroatoms. The number of hydrogen-bond donors (Lipinski definition) is 2. The Morgan fingerprint density at radius 1 is 1.05 bits per heavy atom. The number of nitrogens with one attached hydrogen (secondary N) is 1. The van der Waals surface area contributed by atoms with E-state index in [9.17, 15) is 0 Å². The molecular weight excluding hydrogens is 252 g/mol. The quantitative estimate of drug-likeness (QED) is 0.330. The summed E-state index contributed by atoms with van der Waals surface area (Å²) in [5.41, 5.74) is 3.02. The molecular formula is C16H34N2S. The van der Waals surface area contributed by atoms with Gasteiger partial charge in [-0.25, -0.2) is 0 Å². The average Bonchev–Trinajstić information content (AvgIpc) is 2.47. The highest BCUT2D eigenvalue weighted by atomic mass is 32.2. The van der Waals surface area contributed by atoms with E-state index in [2.05, 4.69) is 24.1 Å². The molecule has 1 aliphatic carbocycles. The fraction of sp³-hybridized carbons (Fsp3) is 1.00. The van der Waals surface area contributed by atoms with Crippen LogP contribution in [-0.2, 0) is 0 Å². The Kier molecular flexibility index (Phi) is 11.0. The monoisotopic (exact) mass is 286 g/mol. The number of unbranched alkanes of at least 4 members (excludes halogenated alkanes) is 5. The minimum Gasteiger partial charge on any atom is -0.271 e. The topological polar surface area (TPSA) is 38.0 Å². The lowest BCUT2D eigenvalue weighted by Crippen LogP contribution is -2.37. The minimum atomic E-state index is 0.526. The lowest BCUT2D eigenvalue weighted by atomic mass is 10.0. The van der Waals surface area contributed by atoms with E-state index in [0.717, 1.165) is 5.25 Å². The summed E-state index contributed by atoms with van der Waals surface area (Å²) in [4.78, 5) is 0. The Hall–Kier alpha value is 0.270. The maximum absolute atomic E-state index is 5.69. The lowest BCUT2D eigenvalue weighted by molar-refractivity contribution is 0.489. The van der Waals surface area contributed by atoms with Crippen LogP contribution in [0, 0.1) is 0 Å². The van der Waals surface area contributed by atoms with Gasteiger partial charge in [0.2, 0.25) is 0 Å². The molecule has 1 unspecified atom stereocenters. The van der Waals surface area contributed by atoms with Crippen molar-refractivity contribution in [2.24, 2.45) is 5.84 Å². The van der Waals surface area contributed by atoms with Gasteiger partial charge >= 0.3 is 0 Å². The molecule has 0 aromatic heterocycles. The van der Waals surface area contributed by atoms with Crippen LogP contribution in [-0.4, -0.2) is 17.0 Å². The van der Waals surface area contributed by atoms with Crippen molar-refractivity contribution in [1.82, 2.24) is 5.43 Å². The summed E-state index contributed by atoms with van der Waals surface area (Å²) in [5.74, 6) is 6.89. The zero-order valence-electron chi connectivity index (χ0n) is 12.8. The Morgan fingerprint density at radius 3 is 2.42 bits per heavy atom. The Bertz CT molecular complexity index is 193. The molecule has 1 rings (SSSR count). The van der Waals surface area contributed by atoms with Crippen LogP contribution in [0.5, 0.6) is 0 Å². The van der Waals surface area contributed by atoms with Gasteiger partial charge in [-0.15, -0.1) is 0 Å².